The van der Waals surface area contributed by atoms with Gasteiger partial charge >= 0.3 is 0 Å². The predicted octanol–water partition coefficient (Wildman–Crippen LogP) is 3.57. The summed E-state index contributed by atoms with van der Waals surface area (Å²) >= 11 is 0. The van der Waals surface area contributed by atoms with Gasteiger partial charge in [0.1, 0.15) is 5.69 Å². The minimum absolute atomic E-state index is 0.195. The summed E-state index contributed by atoms with van der Waals surface area (Å²) in [5.74, 6) is 2.40. The van der Waals surface area contributed by atoms with E-state index in [-0.39, 0.29) is 6.04 Å². The van der Waals surface area contributed by atoms with Gasteiger partial charge in [-0.15, -0.1) is 0 Å². The Labute approximate surface area is 173 Å². The Morgan fingerprint density at radius 1 is 1.21 bits per heavy atom. The Bertz CT molecular complexity index is 739. The van der Waals surface area contributed by atoms with Crippen molar-refractivity contribution in [3.63, 3.8) is 0 Å². The van der Waals surface area contributed by atoms with Crippen LogP contribution in [0.4, 0.5) is 5.88 Å². The summed E-state index contributed by atoms with van der Waals surface area (Å²) < 4.78 is 17.4. The molecule has 1 N–H and O–H groups in total. The summed E-state index contributed by atoms with van der Waals surface area (Å²) in [7, 11) is 0. The van der Waals surface area contributed by atoms with Crippen molar-refractivity contribution < 1.29 is 13.9 Å². The van der Waals surface area contributed by atoms with Crippen molar-refractivity contribution in [3.05, 3.63) is 47.5 Å². The van der Waals surface area contributed by atoms with Gasteiger partial charge in [-0.3, -0.25) is 0 Å². The van der Waals surface area contributed by atoms with Crippen LogP contribution in [0.5, 0.6) is 0 Å². The van der Waals surface area contributed by atoms with Crippen molar-refractivity contribution in [3.8, 4) is 0 Å². The second-order valence-corrected chi connectivity index (χ2v) is 7.89. The predicted molar refractivity (Wildman–Crippen MR) is 113 cm³/mol. The van der Waals surface area contributed by atoms with Crippen LogP contribution in [-0.4, -0.2) is 51.0 Å². The monoisotopic (exact) mass is 399 g/mol. The van der Waals surface area contributed by atoms with Gasteiger partial charge in [-0.2, -0.15) is 0 Å². The van der Waals surface area contributed by atoms with Gasteiger partial charge in [0.05, 0.1) is 19.3 Å². The van der Waals surface area contributed by atoms with Gasteiger partial charge in [-0.05, 0) is 44.2 Å². The highest BCUT2D eigenvalue weighted by Crippen LogP contribution is 2.42. The molecule has 0 radical (unpaired) electrons. The average molecular weight is 400 g/mol. The van der Waals surface area contributed by atoms with Gasteiger partial charge in [-0.1, -0.05) is 30.3 Å². The largest absolute Gasteiger partial charge is 0.423 e. The molecule has 0 bridgehead atoms. The fraction of sp³-hybridized carbons (Fsp3) is 0.609. The van der Waals surface area contributed by atoms with Crippen LogP contribution in [0.25, 0.3) is 0 Å². The van der Waals surface area contributed by atoms with Gasteiger partial charge in [0, 0.05) is 32.7 Å². The smallest absolute Gasteiger partial charge is 0.220 e. The highest BCUT2D eigenvalue weighted by molar-refractivity contribution is 5.44. The number of benzene rings is 1. The number of morpholine rings is 1. The molecule has 0 spiro atoms. The minimum atomic E-state index is 0.195. The minimum Gasteiger partial charge on any atom is -0.423 e. The molecule has 1 aliphatic carbocycles. The fourth-order valence-electron chi connectivity index (χ4n) is 3.87. The van der Waals surface area contributed by atoms with Gasteiger partial charge in [0.25, 0.3) is 0 Å². The number of hydrogen-bond acceptors (Lipinski definition) is 6. The summed E-state index contributed by atoms with van der Waals surface area (Å²) in [5, 5.41) is 3.68. The van der Waals surface area contributed by atoms with Crippen molar-refractivity contribution in [1.82, 2.24) is 10.3 Å². The molecule has 1 aromatic heterocycles. The summed E-state index contributed by atoms with van der Waals surface area (Å²) in [6.07, 6.45) is 4.28. The molecule has 1 unspecified atom stereocenters. The second kappa shape index (κ2) is 10.2. The number of nitrogens with zero attached hydrogens (tertiary/aromatic N) is 2. The van der Waals surface area contributed by atoms with E-state index in [1.54, 1.807) is 0 Å². The van der Waals surface area contributed by atoms with E-state index in [2.05, 4.69) is 40.5 Å². The molecule has 2 fully saturated rings. The molecule has 2 heterocycles. The number of oxazole rings is 1. The highest BCUT2D eigenvalue weighted by atomic mass is 16.5. The Balaban J connectivity index is 1.52. The molecule has 1 aromatic carbocycles. The van der Waals surface area contributed by atoms with Crippen LogP contribution < -0.4 is 10.2 Å². The van der Waals surface area contributed by atoms with Crippen LogP contribution in [0, 0.1) is 5.92 Å². The Morgan fingerprint density at radius 2 is 2.00 bits per heavy atom. The van der Waals surface area contributed by atoms with Crippen molar-refractivity contribution >= 4 is 5.88 Å². The van der Waals surface area contributed by atoms with E-state index >= 15 is 0 Å². The first kappa shape index (κ1) is 20.4. The lowest BCUT2D eigenvalue weighted by molar-refractivity contribution is 0.120. The molecule has 6 nitrogen and oxygen atoms in total. The zero-order valence-electron chi connectivity index (χ0n) is 17.4. The molecule has 6 heteroatoms. The number of aromatic nitrogens is 1. The standard InChI is InChI=1S/C23H33N3O3/c1-2-27-14-6-11-24-21(19-9-10-19)22-25-20(17-18-7-4-3-5-8-18)23(29-22)26-12-15-28-16-13-26/h3-5,7-8,19,21,24H,2,6,9-17H2,1H3. The normalized spacial score (nSPS) is 18.2. The first-order valence-electron chi connectivity index (χ1n) is 11.0. The third kappa shape index (κ3) is 5.59. The third-order valence-electron chi connectivity index (χ3n) is 5.60. The van der Waals surface area contributed by atoms with Crippen LogP contribution in [-0.2, 0) is 15.9 Å². The molecule has 1 saturated heterocycles. The maximum atomic E-state index is 6.43. The van der Waals surface area contributed by atoms with Gasteiger partial charge < -0.3 is 24.1 Å². The lowest BCUT2D eigenvalue weighted by atomic mass is 10.1. The molecule has 1 atom stereocenters. The Kier molecular flexibility index (Phi) is 7.19. The van der Waals surface area contributed by atoms with Crippen LogP contribution in [0.3, 0.4) is 0 Å². The molecule has 2 aliphatic rings. The van der Waals surface area contributed by atoms with Crippen molar-refractivity contribution in [1.29, 1.82) is 0 Å². The zero-order chi connectivity index (χ0) is 19.9. The van der Waals surface area contributed by atoms with Crippen molar-refractivity contribution in [2.24, 2.45) is 5.92 Å². The molecule has 1 saturated carbocycles. The molecule has 4 rings (SSSR count). The van der Waals surface area contributed by atoms with Crippen LogP contribution >= 0.6 is 0 Å². The average Bonchev–Trinajstić information content (AvgIpc) is 3.52. The number of anilines is 1. The highest BCUT2D eigenvalue weighted by Gasteiger charge is 2.36. The van der Waals surface area contributed by atoms with Gasteiger partial charge in [0.15, 0.2) is 0 Å². The van der Waals surface area contributed by atoms with Gasteiger partial charge in [-0.25, -0.2) is 4.98 Å². The maximum absolute atomic E-state index is 6.43. The van der Waals surface area contributed by atoms with Crippen molar-refractivity contribution in [2.45, 2.75) is 38.6 Å². The topological polar surface area (TPSA) is 59.8 Å². The second-order valence-electron chi connectivity index (χ2n) is 7.89. The SMILES string of the molecule is CCOCCCNC(c1nc(Cc2ccccc2)c(N2CCOCC2)o1)C1CC1. The molecular formula is C23H33N3O3. The number of ether oxygens (including phenoxy) is 2. The van der Waals surface area contributed by atoms with E-state index in [9.17, 15) is 0 Å². The zero-order valence-corrected chi connectivity index (χ0v) is 17.4. The van der Waals surface area contributed by atoms with Crippen molar-refractivity contribution in [2.75, 3.05) is 51.0 Å². The molecule has 0 amide bonds. The van der Waals surface area contributed by atoms with E-state index in [0.29, 0.717) is 5.92 Å². The summed E-state index contributed by atoms with van der Waals surface area (Å²) in [5.41, 5.74) is 2.30. The van der Waals surface area contributed by atoms with Crippen LogP contribution in [0.15, 0.2) is 34.7 Å². The Morgan fingerprint density at radius 3 is 2.72 bits per heavy atom. The van der Waals surface area contributed by atoms with E-state index < -0.39 is 0 Å². The summed E-state index contributed by atoms with van der Waals surface area (Å²) in [6, 6.07) is 10.7. The lowest BCUT2D eigenvalue weighted by Crippen LogP contribution is -2.36. The summed E-state index contributed by atoms with van der Waals surface area (Å²) in [6.45, 7) is 7.71. The maximum Gasteiger partial charge on any atom is 0.220 e. The molecule has 29 heavy (non-hydrogen) atoms. The van der Waals surface area contributed by atoms with E-state index in [1.165, 1.54) is 18.4 Å². The third-order valence-corrected chi connectivity index (χ3v) is 5.60. The number of rotatable bonds is 11. The quantitative estimate of drug-likeness (QED) is 0.583. The van der Waals surface area contributed by atoms with E-state index in [1.807, 2.05) is 6.92 Å². The number of nitrogens with one attached hydrogen (secondary N) is 1. The summed E-state index contributed by atoms with van der Waals surface area (Å²) in [4.78, 5) is 7.30. The number of hydrogen-bond donors (Lipinski definition) is 1. The fourth-order valence-corrected chi connectivity index (χ4v) is 3.87. The first-order valence-corrected chi connectivity index (χ1v) is 11.0. The van der Waals surface area contributed by atoms with E-state index in [4.69, 9.17) is 18.9 Å². The molecule has 158 valence electrons. The lowest BCUT2D eigenvalue weighted by Gasteiger charge is -2.27. The van der Waals surface area contributed by atoms with E-state index in [0.717, 1.165) is 76.4 Å². The van der Waals surface area contributed by atoms with Gasteiger partial charge in [0.2, 0.25) is 11.8 Å². The van der Waals surface area contributed by atoms with Crippen LogP contribution in [0.2, 0.25) is 0 Å². The molecule has 1 aliphatic heterocycles. The Hall–Kier alpha value is -1.89. The molecular weight excluding hydrogens is 366 g/mol. The molecule has 2 aromatic rings. The first-order chi connectivity index (χ1) is 14.3. The van der Waals surface area contributed by atoms with Crippen LogP contribution in [0.1, 0.15) is 49.4 Å².